The molecule has 0 bridgehead atoms. The number of nitrogens with one attached hydrogen (secondary N) is 2. The topological polar surface area (TPSA) is 73.9 Å². The molecule has 1 fully saturated rings. The van der Waals surface area contributed by atoms with Crippen LogP contribution in [-0.4, -0.2) is 61.9 Å². The molecule has 1 heterocycles. The Labute approximate surface area is 200 Å². The van der Waals surface area contributed by atoms with Crippen LogP contribution in [0.4, 0.5) is 5.69 Å². The fourth-order valence-corrected chi connectivity index (χ4v) is 4.10. The highest BCUT2D eigenvalue weighted by molar-refractivity contribution is 5.94. The molecule has 176 valence electrons. The smallest absolute Gasteiger partial charge is 0.251 e. The number of amides is 2. The monoisotopic (exact) mass is 458 g/mol. The van der Waals surface area contributed by atoms with Gasteiger partial charge in [-0.3, -0.25) is 19.4 Å². The standard InChI is InChI=1S/C27H30N4O3/c1-28-27(33)21-8-6-7-20(17-21)25-18-31(16-15-30(25)2)19-26(32)29-22-11-13-24(14-12-22)34-23-9-4-3-5-10-23/h3-14,17,25H,15-16,18-19H2,1-2H3,(H,28,33)(H,29,32)/t25-/m0/s1. The van der Waals surface area contributed by atoms with Gasteiger partial charge in [-0.1, -0.05) is 30.3 Å². The van der Waals surface area contributed by atoms with Crippen LogP contribution in [-0.2, 0) is 4.79 Å². The summed E-state index contributed by atoms with van der Waals surface area (Å²) in [5, 5.41) is 5.65. The van der Waals surface area contributed by atoms with Crippen LogP contribution in [0.25, 0.3) is 0 Å². The zero-order chi connectivity index (χ0) is 23.9. The lowest BCUT2D eigenvalue weighted by atomic mass is 10.00. The van der Waals surface area contributed by atoms with E-state index in [2.05, 4.69) is 27.5 Å². The molecule has 0 spiro atoms. The molecule has 1 aliphatic rings. The Bertz CT molecular complexity index is 1120. The first-order valence-corrected chi connectivity index (χ1v) is 11.4. The van der Waals surface area contributed by atoms with Gasteiger partial charge in [-0.25, -0.2) is 0 Å². The third-order valence-electron chi connectivity index (χ3n) is 5.98. The minimum Gasteiger partial charge on any atom is -0.457 e. The van der Waals surface area contributed by atoms with E-state index in [1.165, 1.54) is 0 Å². The number of hydrogen-bond acceptors (Lipinski definition) is 5. The number of ether oxygens (including phenoxy) is 1. The first-order chi connectivity index (χ1) is 16.5. The van der Waals surface area contributed by atoms with Crippen LogP contribution < -0.4 is 15.4 Å². The molecule has 0 aliphatic carbocycles. The third-order valence-corrected chi connectivity index (χ3v) is 5.98. The van der Waals surface area contributed by atoms with Gasteiger partial charge in [-0.05, 0) is 61.1 Å². The summed E-state index contributed by atoms with van der Waals surface area (Å²) in [6, 6.07) is 24.7. The Kier molecular flexibility index (Phi) is 7.57. The Hall–Kier alpha value is -3.68. The Morgan fingerprint density at radius 1 is 0.941 bits per heavy atom. The second kappa shape index (κ2) is 11.0. The van der Waals surface area contributed by atoms with Gasteiger partial charge in [0.05, 0.1) is 6.54 Å². The maximum atomic E-state index is 12.7. The van der Waals surface area contributed by atoms with Gasteiger partial charge < -0.3 is 15.4 Å². The molecule has 1 saturated heterocycles. The number of carbonyl (C=O) groups excluding carboxylic acids is 2. The SMILES string of the molecule is CNC(=O)c1cccc([C@@H]2CN(CC(=O)Nc3ccc(Oc4ccccc4)cc3)CCN2C)c1. The summed E-state index contributed by atoms with van der Waals surface area (Å²) >= 11 is 0. The first kappa shape index (κ1) is 23.5. The van der Waals surface area contributed by atoms with Gasteiger partial charge in [-0.2, -0.15) is 0 Å². The predicted molar refractivity (Wildman–Crippen MR) is 133 cm³/mol. The van der Waals surface area contributed by atoms with Crippen LogP contribution >= 0.6 is 0 Å². The quantitative estimate of drug-likeness (QED) is 0.564. The highest BCUT2D eigenvalue weighted by Crippen LogP contribution is 2.25. The van der Waals surface area contributed by atoms with E-state index in [4.69, 9.17) is 4.74 Å². The van der Waals surface area contributed by atoms with Crippen LogP contribution in [0, 0.1) is 0 Å². The second-order valence-electron chi connectivity index (χ2n) is 8.42. The zero-order valence-corrected chi connectivity index (χ0v) is 19.5. The fraction of sp³-hybridized carbons (Fsp3) is 0.259. The molecular weight excluding hydrogens is 428 g/mol. The van der Waals surface area contributed by atoms with E-state index in [0.29, 0.717) is 24.4 Å². The molecule has 1 aliphatic heterocycles. The fourth-order valence-electron chi connectivity index (χ4n) is 4.10. The molecule has 7 heteroatoms. The van der Waals surface area contributed by atoms with Crippen molar-refractivity contribution in [3.8, 4) is 11.5 Å². The highest BCUT2D eigenvalue weighted by Gasteiger charge is 2.27. The number of carbonyl (C=O) groups is 2. The van der Waals surface area contributed by atoms with Crippen LogP contribution in [0.3, 0.4) is 0 Å². The normalized spacial score (nSPS) is 16.6. The number of benzene rings is 3. The van der Waals surface area contributed by atoms with Crippen molar-refractivity contribution in [3.05, 3.63) is 90.0 Å². The average molecular weight is 459 g/mol. The molecule has 34 heavy (non-hydrogen) atoms. The third kappa shape index (κ3) is 6.01. The van der Waals surface area contributed by atoms with Crippen LogP contribution in [0.5, 0.6) is 11.5 Å². The summed E-state index contributed by atoms with van der Waals surface area (Å²) in [7, 11) is 3.71. The zero-order valence-electron chi connectivity index (χ0n) is 19.5. The summed E-state index contributed by atoms with van der Waals surface area (Å²) in [5.74, 6) is 1.32. The molecule has 0 radical (unpaired) electrons. The number of para-hydroxylation sites is 1. The van der Waals surface area contributed by atoms with Crippen molar-refractivity contribution in [1.82, 2.24) is 15.1 Å². The number of piperazine rings is 1. The average Bonchev–Trinajstić information content (AvgIpc) is 2.86. The maximum Gasteiger partial charge on any atom is 0.251 e. The van der Waals surface area contributed by atoms with E-state index in [1.54, 1.807) is 7.05 Å². The van der Waals surface area contributed by atoms with E-state index in [1.807, 2.05) is 78.9 Å². The summed E-state index contributed by atoms with van der Waals surface area (Å²) in [6.45, 7) is 2.67. The molecule has 3 aromatic rings. The van der Waals surface area contributed by atoms with Crippen molar-refractivity contribution < 1.29 is 14.3 Å². The molecule has 0 unspecified atom stereocenters. The van der Waals surface area contributed by atoms with E-state index >= 15 is 0 Å². The van der Waals surface area contributed by atoms with Gasteiger partial charge >= 0.3 is 0 Å². The summed E-state index contributed by atoms with van der Waals surface area (Å²) in [6.07, 6.45) is 0. The Morgan fingerprint density at radius 3 is 2.41 bits per heavy atom. The molecule has 4 rings (SSSR count). The number of rotatable bonds is 7. The molecule has 0 aromatic heterocycles. The predicted octanol–water partition coefficient (Wildman–Crippen LogP) is 3.77. The highest BCUT2D eigenvalue weighted by atomic mass is 16.5. The number of hydrogen-bond donors (Lipinski definition) is 2. The van der Waals surface area contributed by atoms with Crippen molar-refractivity contribution in [2.75, 3.05) is 45.6 Å². The van der Waals surface area contributed by atoms with E-state index in [-0.39, 0.29) is 17.9 Å². The summed E-state index contributed by atoms with van der Waals surface area (Å²) < 4.78 is 5.80. The van der Waals surface area contributed by atoms with Gasteiger partial charge in [0.15, 0.2) is 0 Å². The van der Waals surface area contributed by atoms with Crippen molar-refractivity contribution in [1.29, 1.82) is 0 Å². The molecule has 0 saturated carbocycles. The van der Waals surface area contributed by atoms with Crippen molar-refractivity contribution in [3.63, 3.8) is 0 Å². The Balaban J connectivity index is 1.33. The molecule has 1 atom stereocenters. The minimum atomic E-state index is -0.100. The molecule has 7 nitrogen and oxygen atoms in total. The van der Waals surface area contributed by atoms with Gasteiger partial charge in [0.1, 0.15) is 11.5 Å². The van der Waals surface area contributed by atoms with Gasteiger partial charge in [0.25, 0.3) is 5.91 Å². The van der Waals surface area contributed by atoms with Gasteiger partial charge in [-0.15, -0.1) is 0 Å². The van der Waals surface area contributed by atoms with E-state index in [9.17, 15) is 9.59 Å². The summed E-state index contributed by atoms with van der Waals surface area (Å²) in [4.78, 5) is 29.2. The lowest BCUT2D eigenvalue weighted by Gasteiger charge is -2.39. The van der Waals surface area contributed by atoms with Gasteiger partial charge in [0.2, 0.25) is 5.91 Å². The number of nitrogens with zero attached hydrogens (tertiary/aromatic N) is 2. The van der Waals surface area contributed by atoms with E-state index < -0.39 is 0 Å². The van der Waals surface area contributed by atoms with Crippen molar-refractivity contribution >= 4 is 17.5 Å². The lowest BCUT2D eigenvalue weighted by molar-refractivity contribution is -0.118. The maximum absolute atomic E-state index is 12.7. The number of anilines is 1. The summed E-state index contributed by atoms with van der Waals surface area (Å²) in [5.41, 5.74) is 2.44. The van der Waals surface area contributed by atoms with E-state index in [0.717, 1.165) is 30.1 Å². The second-order valence-corrected chi connectivity index (χ2v) is 8.42. The molecular formula is C27H30N4O3. The van der Waals surface area contributed by atoms with Crippen molar-refractivity contribution in [2.24, 2.45) is 0 Å². The van der Waals surface area contributed by atoms with Crippen LogP contribution in [0.15, 0.2) is 78.9 Å². The molecule has 3 aromatic carbocycles. The lowest BCUT2D eigenvalue weighted by Crippen LogP contribution is -2.48. The minimum absolute atomic E-state index is 0.0563. The number of likely N-dealkylation sites (N-methyl/N-ethyl adjacent to an activating group) is 1. The van der Waals surface area contributed by atoms with Gasteiger partial charge in [0, 0.05) is 44.0 Å². The molecule has 2 N–H and O–H groups in total. The molecule has 2 amide bonds. The first-order valence-electron chi connectivity index (χ1n) is 11.4. The Morgan fingerprint density at radius 2 is 1.68 bits per heavy atom. The van der Waals surface area contributed by atoms with Crippen molar-refractivity contribution in [2.45, 2.75) is 6.04 Å². The van der Waals surface area contributed by atoms with Crippen LogP contribution in [0.2, 0.25) is 0 Å². The van der Waals surface area contributed by atoms with Crippen LogP contribution in [0.1, 0.15) is 22.0 Å². The largest absolute Gasteiger partial charge is 0.457 e.